The second-order valence-corrected chi connectivity index (χ2v) is 5.70. The first-order valence-electron chi connectivity index (χ1n) is 6.07. The molecule has 0 fully saturated rings. The third-order valence-electron chi connectivity index (χ3n) is 3.73. The van der Waals surface area contributed by atoms with Crippen molar-refractivity contribution in [2.45, 2.75) is 31.2 Å². The minimum atomic E-state index is 0.0659. The Bertz CT molecular complexity index is 514. The van der Waals surface area contributed by atoms with Gasteiger partial charge in [-0.05, 0) is 42.3 Å². The van der Waals surface area contributed by atoms with Gasteiger partial charge in [0.2, 0.25) is 0 Å². The molecule has 3 rings (SSSR count). The summed E-state index contributed by atoms with van der Waals surface area (Å²) in [7, 11) is 1.96. The third-order valence-corrected chi connectivity index (χ3v) is 4.73. The third kappa shape index (κ3) is 1.81. The van der Waals surface area contributed by atoms with Gasteiger partial charge in [-0.1, -0.05) is 0 Å². The molecule has 0 amide bonds. The molecule has 2 heterocycles. The first-order valence-corrected chi connectivity index (χ1v) is 6.95. The molecule has 90 valence electrons. The van der Waals surface area contributed by atoms with Gasteiger partial charge in [-0.2, -0.15) is 5.10 Å². The van der Waals surface area contributed by atoms with Crippen molar-refractivity contribution in [2.75, 3.05) is 0 Å². The first kappa shape index (κ1) is 11.0. The molecule has 17 heavy (non-hydrogen) atoms. The summed E-state index contributed by atoms with van der Waals surface area (Å²) in [5.41, 5.74) is 9.03. The lowest BCUT2D eigenvalue weighted by Crippen LogP contribution is -2.24. The Balaban J connectivity index is 1.94. The van der Waals surface area contributed by atoms with Crippen molar-refractivity contribution in [1.82, 2.24) is 9.78 Å². The highest BCUT2D eigenvalue weighted by Gasteiger charge is 2.28. The number of aryl methyl sites for hydroxylation is 2. The van der Waals surface area contributed by atoms with Crippen molar-refractivity contribution < 1.29 is 0 Å². The fraction of sp³-hybridized carbons (Fsp3) is 0.462. The number of hydrogen-bond donors (Lipinski definition) is 1. The Hall–Kier alpha value is -1.13. The lowest BCUT2D eigenvalue weighted by molar-refractivity contribution is 0.457. The summed E-state index contributed by atoms with van der Waals surface area (Å²) in [5, 5.41) is 6.41. The van der Waals surface area contributed by atoms with Gasteiger partial charge in [0, 0.05) is 24.0 Å². The van der Waals surface area contributed by atoms with Gasteiger partial charge >= 0.3 is 0 Å². The molecule has 2 atom stereocenters. The van der Waals surface area contributed by atoms with E-state index in [1.165, 1.54) is 29.7 Å². The zero-order valence-electron chi connectivity index (χ0n) is 9.97. The SMILES string of the molecule is Cn1nccc1C(N)C1CCCc2sccc21. The maximum Gasteiger partial charge on any atom is 0.0554 e. The van der Waals surface area contributed by atoms with Crippen molar-refractivity contribution in [3.8, 4) is 0 Å². The molecular weight excluding hydrogens is 230 g/mol. The molecule has 0 spiro atoms. The van der Waals surface area contributed by atoms with Crippen LogP contribution in [0.4, 0.5) is 0 Å². The van der Waals surface area contributed by atoms with Crippen LogP contribution in [-0.2, 0) is 13.5 Å². The summed E-state index contributed by atoms with van der Waals surface area (Å²) in [6.45, 7) is 0. The molecular formula is C13H17N3S. The van der Waals surface area contributed by atoms with E-state index in [1.807, 2.05) is 35.3 Å². The number of thiophene rings is 1. The zero-order chi connectivity index (χ0) is 11.8. The predicted octanol–water partition coefficient (Wildman–Crippen LogP) is 2.60. The molecule has 1 aliphatic carbocycles. The molecule has 2 unspecified atom stereocenters. The van der Waals surface area contributed by atoms with Gasteiger partial charge in [-0.3, -0.25) is 4.68 Å². The van der Waals surface area contributed by atoms with E-state index >= 15 is 0 Å². The highest BCUT2D eigenvalue weighted by Crippen LogP contribution is 2.40. The van der Waals surface area contributed by atoms with Gasteiger partial charge in [0.15, 0.2) is 0 Å². The van der Waals surface area contributed by atoms with Crippen molar-refractivity contribution in [2.24, 2.45) is 12.8 Å². The lowest BCUT2D eigenvalue weighted by Gasteiger charge is -2.28. The number of nitrogens with two attached hydrogens (primary N) is 1. The van der Waals surface area contributed by atoms with Gasteiger partial charge < -0.3 is 5.73 Å². The molecule has 0 radical (unpaired) electrons. The molecule has 0 bridgehead atoms. The van der Waals surface area contributed by atoms with Crippen LogP contribution in [-0.4, -0.2) is 9.78 Å². The van der Waals surface area contributed by atoms with Gasteiger partial charge in [0.1, 0.15) is 0 Å². The van der Waals surface area contributed by atoms with Crippen LogP contribution in [0, 0.1) is 0 Å². The Morgan fingerprint density at radius 3 is 3.18 bits per heavy atom. The molecule has 0 saturated carbocycles. The highest BCUT2D eigenvalue weighted by molar-refractivity contribution is 7.10. The van der Waals surface area contributed by atoms with E-state index in [-0.39, 0.29) is 6.04 Å². The summed E-state index contributed by atoms with van der Waals surface area (Å²) in [6.07, 6.45) is 5.49. The van der Waals surface area contributed by atoms with Crippen molar-refractivity contribution in [3.63, 3.8) is 0 Å². The maximum absolute atomic E-state index is 6.43. The Morgan fingerprint density at radius 1 is 1.53 bits per heavy atom. The van der Waals surface area contributed by atoms with Crippen LogP contribution in [0.2, 0.25) is 0 Å². The van der Waals surface area contributed by atoms with E-state index in [4.69, 9.17) is 5.73 Å². The van der Waals surface area contributed by atoms with Gasteiger partial charge in [0.25, 0.3) is 0 Å². The molecule has 0 aromatic carbocycles. The van der Waals surface area contributed by atoms with Crippen molar-refractivity contribution in [1.29, 1.82) is 0 Å². The monoisotopic (exact) mass is 247 g/mol. The second-order valence-electron chi connectivity index (χ2n) is 4.70. The minimum absolute atomic E-state index is 0.0659. The number of nitrogens with zero attached hydrogens (tertiary/aromatic N) is 2. The van der Waals surface area contributed by atoms with Crippen LogP contribution in [0.3, 0.4) is 0 Å². The van der Waals surface area contributed by atoms with E-state index < -0.39 is 0 Å². The van der Waals surface area contributed by atoms with Crippen LogP contribution in [0.5, 0.6) is 0 Å². The maximum atomic E-state index is 6.43. The Labute approximate surface area is 105 Å². The number of fused-ring (bicyclic) bond motifs is 1. The van der Waals surface area contributed by atoms with Crippen LogP contribution in [0.1, 0.15) is 40.9 Å². The standard InChI is InChI=1S/C13H17N3S/c1-16-11(5-7-15-16)13(14)10-3-2-4-12-9(10)6-8-17-12/h5-8,10,13H,2-4,14H2,1H3. The van der Waals surface area contributed by atoms with Crippen LogP contribution in [0.25, 0.3) is 0 Å². The van der Waals surface area contributed by atoms with E-state index in [1.54, 1.807) is 0 Å². The molecule has 0 aliphatic heterocycles. The molecule has 0 saturated heterocycles. The van der Waals surface area contributed by atoms with E-state index in [9.17, 15) is 0 Å². The van der Waals surface area contributed by atoms with Gasteiger partial charge in [-0.15, -0.1) is 11.3 Å². The topological polar surface area (TPSA) is 43.8 Å². The summed E-state index contributed by atoms with van der Waals surface area (Å²) in [5.74, 6) is 0.459. The highest BCUT2D eigenvalue weighted by atomic mass is 32.1. The van der Waals surface area contributed by atoms with E-state index in [0.717, 1.165) is 5.69 Å². The summed E-state index contributed by atoms with van der Waals surface area (Å²) < 4.78 is 1.89. The molecule has 2 aromatic rings. The van der Waals surface area contributed by atoms with Gasteiger partial charge in [-0.25, -0.2) is 0 Å². The summed E-state index contributed by atoms with van der Waals surface area (Å²) in [6, 6.07) is 4.35. The average molecular weight is 247 g/mol. The van der Waals surface area contributed by atoms with Gasteiger partial charge in [0.05, 0.1) is 11.7 Å². The zero-order valence-corrected chi connectivity index (χ0v) is 10.8. The molecule has 1 aliphatic rings. The van der Waals surface area contributed by atoms with Crippen LogP contribution in [0.15, 0.2) is 23.7 Å². The van der Waals surface area contributed by atoms with Crippen LogP contribution >= 0.6 is 11.3 Å². The number of aromatic nitrogens is 2. The van der Waals surface area contributed by atoms with Crippen molar-refractivity contribution >= 4 is 11.3 Å². The summed E-state index contributed by atoms with van der Waals surface area (Å²) in [4.78, 5) is 1.53. The number of rotatable bonds is 2. The van der Waals surface area contributed by atoms with Crippen LogP contribution < -0.4 is 5.73 Å². The average Bonchev–Trinajstić information content (AvgIpc) is 2.95. The minimum Gasteiger partial charge on any atom is -0.322 e. The lowest BCUT2D eigenvalue weighted by atomic mass is 9.82. The van der Waals surface area contributed by atoms with E-state index in [2.05, 4.69) is 16.5 Å². The second kappa shape index (κ2) is 4.27. The molecule has 4 heteroatoms. The fourth-order valence-electron chi connectivity index (χ4n) is 2.81. The molecule has 2 N–H and O–H groups in total. The largest absolute Gasteiger partial charge is 0.322 e. The fourth-order valence-corrected chi connectivity index (χ4v) is 3.81. The van der Waals surface area contributed by atoms with Crippen molar-refractivity contribution in [3.05, 3.63) is 39.8 Å². The normalized spacial score (nSPS) is 21.2. The first-order chi connectivity index (χ1) is 8.27. The summed E-state index contributed by atoms with van der Waals surface area (Å²) >= 11 is 1.87. The molecule has 3 nitrogen and oxygen atoms in total. The predicted molar refractivity (Wildman–Crippen MR) is 70.1 cm³/mol. The smallest absolute Gasteiger partial charge is 0.0554 e. The number of hydrogen-bond acceptors (Lipinski definition) is 3. The Morgan fingerprint density at radius 2 is 2.41 bits per heavy atom. The molecule has 2 aromatic heterocycles. The Kier molecular flexibility index (Phi) is 2.76. The van der Waals surface area contributed by atoms with E-state index in [0.29, 0.717) is 5.92 Å². The quantitative estimate of drug-likeness (QED) is 0.886.